The molecule has 0 saturated carbocycles. The minimum Gasteiger partial charge on any atom is -0.476 e. The number of halogens is 1. The first kappa shape index (κ1) is 16.6. The summed E-state index contributed by atoms with van der Waals surface area (Å²) in [6.07, 6.45) is 8.55. The zero-order chi connectivity index (χ0) is 17.8. The second kappa shape index (κ2) is 7.12. The zero-order valence-corrected chi connectivity index (χ0v) is 13.6. The maximum atomic E-state index is 14.1. The molecule has 0 fully saturated rings. The largest absolute Gasteiger partial charge is 0.476 e. The number of pyridine rings is 2. The number of hydrogen-bond acceptors (Lipinski definition) is 4. The van der Waals surface area contributed by atoms with E-state index >= 15 is 0 Å². The number of nitrogens with zero attached hydrogens (tertiary/aromatic N) is 2. The molecule has 0 aromatic carbocycles. The van der Waals surface area contributed by atoms with Gasteiger partial charge in [-0.25, -0.2) is 14.4 Å². The lowest BCUT2D eigenvalue weighted by Gasteiger charge is -2.07. The number of H-pyrrole nitrogens is 1. The Balaban J connectivity index is 1.97. The molecule has 0 bridgehead atoms. The molecule has 0 unspecified atom stereocenters. The number of carbonyl (C=O) groups is 1. The van der Waals surface area contributed by atoms with Crippen molar-refractivity contribution < 1.29 is 13.9 Å². The SMILES string of the molecule is CCCOc1ncc(-c2cnc3[nH]cc(/C=C/C(N)=O)c3c2)cc1F. The van der Waals surface area contributed by atoms with Crippen LogP contribution < -0.4 is 10.5 Å². The Morgan fingerprint density at radius 2 is 2.08 bits per heavy atom. The van der Waals surface area contributed by atoms with Crippen molar-refractivity contribution in [3.63, 3.8) is 0 Å². The van der Waals surface area contributed by atoms with Crippen LogP contribution in [-0.4, -0.2) is 27.5 Å². The van der Waals surface area contributed by atoms with Gasteiger partial charge in [-0.1, -0.05) is 6.92 Å². The van der Waals surface area contributed by atoms with E-state index in [0.717, 1.165) is 17.4 Å². The third kappa shape index (κ3) is 3.65. The molecule has 0 spiro atoms. The monoisotopic (exact) mass is 340 g/mol. The maximum absolute atomic E-state index is 14.1. The van der Waals surface area contributed by atoms with E-state index in [4.69, 9.17) is 10.5 Å². The van der Waals surface area contributed by atoms with Gasteiger partial charge in [-0.15, -0.1) is 0 Å². The summed E-state index contributed by atoms with van der Waals surface area (Å²) in [4.78, 5) is 22.3. The van der Waals surface area contributed by atoms with E-state index in [2.05, 4.69) is 15.0 Å². The van der Waals surface area contributed by atoms with Crippen molar-refractivity contribution >= 4 is 23.0 Å². The summed E-state index contributed by atoms with van der Waals surface area (Å²) in [6, 6.07) is 3.22. The Morgan fingerprint density at radius 3 is 2.80 bits per heavy atom. The molecule has 3 rings (SSSR count). The van der Waals surface area contributed by atoms with Gasteiger partial charge in [0.1, 0.15) is 5.65 Å². The van der Waals surface area contributed by atoms with Gasteiger partial charge in [-0.3, -0.25) is 4.79 Å². The highest BCUT2D eigenvalue weighted by Crippen LogP contribution is 2.27. The van der Waals surface area contributed by atoms with E-state index in [1.165, 1.54) is 12.1 Å². The molecule has 0 atom stereocenters. The van der Waals surface area contributed by atoms with E-state index in [1.807, 2.05) is 13.0 Å². The molecule has 128 valence electrons. The van der Waals surface area contributed by atoms with E-state index in [-0.39, 0.29) is 5.88 Å². The van der Waals surface area contributed by atoms with Crippen molar-refractivity contribution in [2.45, 2.75) is 13.3 Å². The maximum Gasteiger partial charge on any atom is 0.250 e. The van der Waals surface area contributed by atoms with Crippen LogP contribution >= 0.6 is 0 Å². The fourth-order valence-corrected chi connectivity index (χ4v) is 2.38. The lowest BCUT2D eigenvalue weighted by molar-refractivity contribution is -0.113. The van der Waals surface area contributed by atoms with Crippen LogP contribution in [0.1, 0.15) is 18.9 Å². The number of aromatic nitrogens is 3. The van der Waals surface area contributed by atoms with Crippen molar-refractivity contribution in [1.29, 1.82) is 0 Å². The van der Waals surface area contributed by atoms with Gasteiger partial charge in [0.05, 0.1) is 6.61 Å². The Kier molecular flexibility index (Phi) is 4.74. The molecular weight excluding hydrogens is 323 g/mol. The Hall–Kier alpha value is -3.22. The predicted octanol–water partition coefficient (Wildman–Crippen LogP) is 3.05. The summed E-state index contributed by atoms with van der Waals surface area (Å²) in [5, 5.41) is 0.793. The number of primary amides is 1. The molecule has 0 radical (unpaired) electrons. The molecule has 0 aliphatic carbocycles. The molecule has 25 heavy (non-hydrogen) atoms. The first-order chi connectivity index (χ1) is 12.1. The Morgan fingerprint density at radius 1 is 1.32 bits per heavy atom. The predicted molar refractivity (Wildman–Crippen MR) is 93.3 cm³/mol. The van der Waals surface area contributed by atoms with Crippen molar-refractivity contribution in [2.24, 2.45) is 5.73 Å². The third-order valence-electron chi connectivity index (χ3n) is 3.57. The Labute approximate surface area is 143 Å². The van der Waals surface area contributed by atoms with Crippen molar-refractivity contribution in [3.8, 4) is 17.0 Å². The number of rotatable bonds is 6. The van der Waals surface area contributed by atoms with Crippen LogP contribution in [0.25, 0.3) is 28.2 Å². The molecule has 3 heterocycles. The average molecular weight is 340 g/mol. The van der Waals surface area contributed by atoms with Gasteiger partial charge in [0.25, 0.3) is 0 Å². The van der Waals surface area contributed by atoms with Gasteiger partial charge in [0.2, 0.25) is 11.8 Å². The number of fused-ring (bicyclic) bond motifs is 1. The highest BCUT2D eigenvalue weighted by atomic mass is 19.1. The van der Waals surface area contributed by atoms with Gasteiger partial charge in [-0.2, -0.15) is 0 Å². The summed E-state index contributed by atoms with van der Waals surface area (Å²) in [7, 11) is 0. The molecule has 7 heteroatoms. The summed E-state index contributed by atoms with van der Waals surface area (Å²) in [6.45, 7) is 2.35. The number of amides is 1. The van der Waals surface area contributed by atoms with Gasteiger partial charge < -0.3 is 15.5 Å². The van der Waals surface area contributed by atoms with Crippen LogP contribution in [0.5, 0.6) is 5.88 Å². The number of nitrogens with one attached hydrogen (secondary N) is 1. The molecule has 1 amide bonds. The van der Waals surface area contributed by atoms with Gasteiger partial charge >= 0.3 is 0 Å². The van der Waals surface area contributed by atoms with Crippen LogP contribution in [0, 0.1) is 5.82 Å². The van der Waals surface area contributed by atoms with Gasteiger partial charge in [0, 0.05) is 46.7 Å². The lowest BCUT2D eigenvalue weighted by Crippen LogP contribution is -2.04. The number of ether oxygens (including phenoxy) is 1. The van der Waals surface area contributed by atoms with Crippen LogP contribution in [0.15, 0.2) is 36.8 Å². The highest BCUT2D eigenvalue weighted by Gasteiger charge is 2.10. The molecule has 6 nitrogen and oxygen atoms in total. The summed E-state index contributed by atoms with van der Waals surface area (Å²) in [5.74, 6) is -1.06. The van der Waals surface area contributed by atoms with Crippen LogP contribution in [0.2, 0.25) is 0 Å². The quantitative estimate of drug-likeness (QED) is 0.674. The van der Waals surface area contributed by atoms with Crippen LogP contribution in [-0.2, 0) is 4.79 Å². The first-order valence-corrected chi connectivity index (χ1v) is 7.82. The summed E-state index contributed by atoms with van der Waals surface area (Å²) in [5.41, 5.74) is 7.83. The average Bonchev–Trinajstić information content (AvgIpc) is 3.01. The molecule has 0 aliphatic rings. The molecule has 0 saturated heterocycles. The van der Waals surface area contributed by atoms with Crippen molar-refractivity contribution in [3.05, 3.63) is 48.2 Å². The standard InChI is InChI=1S/C18H17FN4O2/c1-2-5-25-18-15(19)7-13(10-23-18)12-6-14-11(3-4-16(20)24)8-21-17(14)22-9-12/h3-4,6-10H,2,5H2,1H3,(H2,20,24)(H,21,22)/b4-3+. The molecule has 3 N–H and O–H groups in total. The minimum atomic E-state index is -0.535. The summed E-state index contributed by atoms with van der Waals surface area (Å²) < 4.78 is 19.4. The Bertz CT molecular complexity index is 949. The molecule has 3 aromatic rings. The van der Waals surface area contributed by atoms with Gasteiger partial charge in [0.15, 0.2) is 5.82 Å². The smallest absolute Gasteiger partial charge is 0.250 e. The first-order valence-electron chi connectivity index (χ1n) is 7.82. The molecular formula is C18H17FN4O2. The van der Waals surface area contributed by atoms with Crippen molar-refractivity contribution in [2.75, 3.05) is 6.61 Å². The van der Waals surface area contributed by atoms with E-state index in [9.17, 15) is 9.18 Å². The van der Waals surface area contributed by atoms with E-state index in [1.54, 1.807) is 24.7 Å². The molecule has 3 aromatic heterocycles. The van der Waals surface area contributed by atoms with E-state index < -0.39 is 11.7 Å². The summed E-state index contributed by atoms with van der Waals surface area (Å²) >= 11 is 0. The molecule has 0 aliphatic heterocycles. The number of hydrogen-bond donors (Lipinski definition) is 2. The lowest BCUT2D eigenvalue weighted by atomic mass is 10.1. The number of nitrogens with two attached hydrogens (primary N) is 1. The van der Waals surface area contributed by atoms with Crippen LogP contribution in [0.3, 0.4) is 0 Å². The normalized spacial score (nSPS) is 11.3. The third-order valence-corrected chi connectivity index (χ3v) is 3.57. The zero-order valence-electron chi connectivity index (χ0n) is 13.6. The van der Waals surface area contributed by atoms with E-state index in [0.29, 0.717) is 23.4 Å². The second-order valence-corrected chi connectivity index (χ2v) is 5.46. The highest BCUT2D eigenvalue weighted by molar-refractivity contribution is 5.95. The second-order valence-electron chi connectivity index (χ2n) is 5.46. The number of carbonyl (C=O) groups excluding carboxylic acids is 1. The van der Waals surface area contributed by atoms with Crippen molar-refractivity contribution in [1.82, 2.24) is 15.0 Å². The fourth-order valence-electron chi connectivity index (χ4n) is 2.38. The van der Waals surface area contributed by atoms with Crippen LogP contribution in [0.4, 0.5) is 4.39 Å². The topological polar surface area (TPSA) is 93.9 Å². The minimum absolute atomic E-state index is 0.00800. The number of aromatic amines is 1. The fraction of sp³-hybridized carbons (Fsp3) is 0.167. The van der Waals surface area contributed by atoms with Gasteiger partial charge in [-0.05, 0) is 24.6 Å².